The minimum Gasteiger partial charge on any atom is -0.497 e. The minimum absolute atomic E-state index is 0.304. The fourth-order valence-corrected chi connectivity index (χ4v) is 3.97. The molecule has 28 heavy (non-hydrogen) atoms. The third-order valence-corrected chi connectivity index (χ3v) is 6.01. The highest BCUT2D eigenvalue weighted by Crippen LogP contribution is 2.29. The number of nitrogens with zero attached hydrogens (tertiary/aromatic N) is 3. The normalized spacial score (nSPS) is 20.2. The molecule has 0 unspecified atom stereocenters. The predicted molar refractivity (Wildman–Crippen MR) is 112 cm³/mol. The quantitative estimate of drug-likeness (QED) is 0.658. The Morgan fingerprint density at radius 2 is 1.96 bits per heavy atom. The second kappa shape index (κ2) is 10.4. The monoisotopic (exact) mass is 391 g/mol. The highest BCUT2D eigenvalue weighted by molar-refractivity contribution is 5.40. The highest BCUT2D eigenvalue weighted by atomic mass is 16.5. The van der Waals surface area contributed by atoms with Gasteiger partial charge in [-0.1, -0.05) is 12.5 Å². The molecule has 0 spiro atoms. The molecule has 6 heteroatoms. The summed E-state index contributed by atoms with van der Waals surface area (Å²) in [6.07, 6.45) is 3.60. The largest absolute Gasteiger partial charge is 0.497 e. The Labute approximate surface area is 170 Å². The first kappa shape index (κ1) is 21.4. The molecule has 1 saturated heterocycles. The average molecular weight is 392 g/mol. The molecule has 1 N–H and O–H groups in total. The Morgan fingerprint density at radius 1 is 1.21 bits per heavy atom. The van der Waals surface area contributed by atoms with Gasteiger partial charge in [0.25, 0.3) is 0 Å². The van der Waals surface area contributed by atoms with Crippen LogP contribution in [-0.2, 0) is 6.54 Å². The number of benzene rings is 1. The number of hydrogen-bond acceptors (Lipinski definition) is 6. The molecule has 0 radical (unpaired) electrons. The van der Waals surface area contributed by atoms with Crippen molar-refractivity contribution in [3.8, 4) is 11.5 Å². The first-order chi connectivity index (χ1) is 13.5. The summed E-state index contributed by atoms with van der Waals surface area (Å²) >= 11 is 0. The van der Waals surface area contributed by atoms with Gasteiger partial charge in [-0.15, -0.1) is 0 Å². The molecule has 158 valence electrons. The Kier molecular flexibility index (Phi) is 7.97. The van der Waals surface area contributed by atoms with Gasteiger partial charge in [0.15, 0.2) is 0 Å². The van der Waals surface area contributed by atoms with Gasteiger partial charge < -0.3 is 24.4 Å². The number of hydrogen-bond donors (Lipinski definition) is 1. The summed E-state index contributed by atoms with van der Waals surface area (Å²) in [5.74, 6) is 2.45. The van der Waals surface area contributed by atoms with Gasteiger partial charge in [0, 0.05) is 57.4 Å². The van der Waals surface area contributed by atoms with Crippen molar-refractivity contribution in [3.05, 3.63) is 23.8 Å². The predicted octanol–water partition coefficient (Wildman–Crippen LogP) is 1.91. The molecule has 6 nitrogen and oxygen atoms in total. The molecule has 1 atom stereocenters. The van der Waals surface area contributed by atoms with E-state index in [2.05, 4.69) is 34.9 Å². The van der Waals surface area contributed by atoms with Gasteiger partial charge in [-0.25, -0.2) is 0 Å². The number of ether oxygens (including phenoxy) is 2. The summed E-state index contributed by atoms with van der Waals surface area (Å²) in [6.45, 7) is 7.07. The summed E-state index contributed by atoms with van der Waals surface area (Å²) in [5.41, 5.74) is 1.15. The van der Waals surface area contributed by atoms with Crippen molar-refractivity contribution in [2.75, 3.05) is 67.1 Å². The summed E-state index contributed by atoms with van der Waals surface area (Å²) in [5, 5.41) is 10.5. The maximum Gasteiger partial charge on any atom is 0.127 e. The maximum absolute atomic E-state index is 10.5. The molecule has 3 rings (SSSR count). The third kappa shape index (κ3) is 6.34. The van der Waals surface area contributed by atoms with E-state index >= 15 is 0 Å². The molecule has 0 aromatic heterocycles. The third-order valence-electron chi connectivity index (χ3n) is 6.01. The van der Waals surface area contributed by atoms with Crippen molar-refractivity contribution in [2.45, 2.75) is 31.9 Å². The molecule has 0 bridgehead atoms. The molecule has 1 aromatic rings. The van der Waals surface area contributed by atoms with Crippen molar-refractivity contribution in [1.82, 2.24) is 14.7 Å². The van der Waals surface area contributed by atoms with E-state index in [-0.39, 0.29) is 0 Å². The number of likely N-dealkylation sites (N-methyl/N-ethyl adjacent to an activating group) is 1. The lowest BCUT2D eigenvalue weighted by Crippen LogP contribution is -2.47. The Morgan fingerprint density at radius 3 is 2.61 bits per heavy atom. The van der Waals surface area contributed by atoms with Crippen molar-refractivity contribution < 1.29 is 14.6 Å². The SMILES string of the molecule is COc1ccc(CN(C)CC2CCC2)c(OC[C@@H](O)CN2CCN(C)CC2)c1. The van der Waals surface area contributed by atoms with Gasteiger partial charge in [0.1, 0.15) is 24.2 Å². The Hall–Kier alpha value is -1.34. The first-order valence-electron chi connectivity index (χ1n) is 10.6. The van der Waals surface area contributed by atoms with Crippen molar-refractivity contribution >= 4 is 0 Å². The zero-order valence-electron chi connectivity index (χ0n) is 17.8. The standard InChI is InChI=1S/C22H37N3O3/c1-23-9-11-25(12-10-23)16-20(26)17-28-22-13-21(27-3)8-7-19(22)15-24(2)14-18-5-4-6-18/h7-8,13,18,20,26H,4-6,9-12,14-17H2,1-3H3/t20-/m0/s1. The highest BCUT2D eigenvalue weighted by Gasteiger charge is 2.21. The lowest BCUT2D eigenvalue weighted by molar-refractivity contribution is 0.0499. The number of piperazine rings is 1. The van der Waals surface area contributed by atoms with Crippen LogP contribution in [0.3, 0.4) is 0 Å². The number of methoxy groups -OCH3 is 1. The average Bonchev–Trinajstić information content (AvgIpc) is 2.66. The molecule has 1 aromatic carbocycles. The lowest BCUT2D eigenvalue weighted by atomic mass is 9.85. The molecule has 2 fully saturated rings. The maximum atomic E-state index is 10.5. The van der Waals surface area contributed by atoms with Crippen LogP contribution in [0, 0.1) is 5.92 Å². The van der Waals surface area contributed by atoms with Gasteiger partial charge in [-0.2, -0.15) is 0 Å². The molecule has 1 aliphatic heterocycles. The number of rotatable bonds is 10. The van der Waals surface area contributed by atoms with Crippen LogP contribution in [0.1, 0.15) is 24.8 Å². The number of β-amino-alcohol motifs (C(OH)–C–C–N with tert-alkyl or cyclic N) is 1. The topological polar surface area (TPSA) is 48.4 Å². The number of aliphatic hydroxyl groups excluding tert-OH is 1. The van der Waals surface area contributed by atoms with Crippen molar-refractivity contribution in [3.63, 3.8) is 0 Å². The van der Waals surface area contributed by atoms with Crippen LogP contribution in [0.2, 0.25) is 0 Å². The van der Waals surface area contributed by atoms with E-state index < -0.39 is 6.10 Å². The van der Waals surface area contributed by atoms with E-state index in [1.165, 1.54) is 19.3 Å². The van der Waals surface area contributed by atoms with Crippen LogP contribution in [0.4, 0.5) is 0 Å². The number of aliphatic hydroxyl groups is 1. The summed E-state index contributed by atoms with van der Waals surface area (Å²) in [6, 6.07) is 6.01. The fraction of sp³-hybridized carbons (Fsp3) is 0.727. The summed E-state index contributed by atoms with van der Waals surface area (Å²) < 4.78 is 11.4. The molecule has 1 aliphatic carbocycles. The van der Waals surface area contributed by atoms with Crippen LogP contribution >= 0.6 is 0 Å². The van der Waals surface area contributed by atoms with E-state index in [0.717, 1.165) is 62.2 Å². The smallest absolute Gasteiger partial charge is 0.127 e. The zero-order chi connectivity index (χ0) is 19.9. The molecular formula is C22H37N3O3. The van der Waals surface area contributed by atoms with Crippen LogP contribution in [0.25, 0.3) is 0 Å². The molecule has 1 heterocycles. The second-order valence-electron chi connectivity index (χ2n) is 8.54. The molecular weight excluding hydrogens is 354 g/mol. The molecule has 1 saturated carbocycles. The van der Waals surface area contributed by atoms with Gasteiger partial charge >= 0.3 is 0 Å². The van der Waals surface area contributed by atoms with Crippen LogP contribution in [0.15, 0.2) is 18.2 Å². The van der Waals surface area contributed by atoms with E-state index in [1.54, 1.807) is 7.11 Å². The minimum atomic E-state index is -0.491. The lowest BCUT2D eigenvalue weighted by Gasteiger charge is -2.33. The van der Waals surface area contributed by atoms with Crippen LogP contribution < -0.4 is 9.47 Å². The molecule has 0 amide bonds. The van der Waals surface area contributed by atoms with E-state index in [4.69, 9.17) is 9.47 Å². The summed E-state index contributed by atoms with van der Waals surface area (Å²) in [7, 11) is 5.99. The van der Waals surface area contributed by atoms with Gasteiger partial charge in [-0.3, -0.25) is 4.90 Å². The van der Waals surface area contributed by atoms with E-state index in [9.17, 15) is 5.11 Å². The van der Waals surface area contributed by atoms with Crippen molar-refractivity contribution in [1.29, 1.82) is 0 Å². The van der Waals surface area contributed by atoms with Crippen LogP contribution in [-0.4, -0.2) is 93.0 Å². The van der Waals surface area contributed by atoms with Gasteiger partial charge in [0.05, 0.1) is 7.11 Å². The Bertz CT molecular complexity index is 601. The van der Waals surface area contributed by atoms with E-state index in [0.29, 0.717) is 13.2 Å². The van der Waals surface area contributed by atoms with Crippen LogP contribution in [0.5, 0.6) is 11.5 Å². The zero-order valence-corrected chi connectivity index (χ0v) is 17.8. The van der Waals surface area contributed by atoms with Gasteiger partial charge in [-0.05, 0) is 38.9 Å². The first-order valence-corrected chi connectivity index (χ1v) is 10.6. The summed E-state index contributed by atoms with van der Waals surface area (Å²) in [4.78, 5) is 7.01. The van der Waals surface area contributed by atoms with Gasteiger partial charge in [0.2, 0.25) is 0 Å². The Balaban J connectivity index is 1.53. The second-order valence-corrected chi connectivity index (χ2v) is 8.54. The van der Waals surface area contributed by atoms with E-state index in [1.807, 2.05) is 12.1 Å². The fourth-order valence-electron chi connectivity index (χ4n) is 3.97. The van der Waals surface area contributed by atoms with Crippen molar-refractivity contribution in [2.24, 2.45) is 5.92 Å². The molecule has 2 aliphatic rings.